The second-order valence-electron chi connectivity index (χ2n) is 4.43. The van der Waals surface area contributed by atoms with E-state index in [1.54, 1.807) is 0 Å². The molecule has 0 aromatic carbocycles. The van der Waals surface area contributed by atoms with Gasteiger partial charge in [0.15, 0.2) is 0 Å². The van der Waals surface area contributed by atoms with Crippen LogP contribution in [0.15, 0.2) is 0 Å². The van der Waals surface area contributed by atoms with Crippen molar-refractivity contribution in [3.8, 4) is 0 Å². The molecule has 1 saturated carbocycles. The maximum atomic E-state index is 11.5. The molecule has 1 aliphatic rings. The van der Waals surface area contributed by atoms with Gasteiger partial charge in [-0.25, -0.2) is 13.1 Å². The van der Waals surface area contributed by atoms with Crippen LogP contribution >= 0.6 is 15.9 Å². The highest BCUT2D eigenvalue weighted by molar-refractivity contribution is 9.09. The summed E-state index contributed by atoms with van der Waals surface area (Å²) in [6, 6.07) is 0. The first kappa shape index (κ1) is 13.5. The topological polar surface area (TPSA) is 46.2 Å². The lowest BCUT2D eigenvalue weighted by Gasteiger charge is -2.14. The summed E-state index contributed by atoms with van der Waals surface area (Å²) < 4.78 is 25.8. The highest BCUT2D eigenvalue weighted by atomic mass is 79.9. The molecular weight excluding hydrogens is 278 g/mol. The lowest BCUT2D eigenvalue weighted by Crippen LogP contribution is -2.32. The van der Waals surface area contributed by atoms with E-state index in [9.17, 15) is 8.42 Å². The first-order chi connectivity index (χ1) is 7.04. The molecule has 0 aromatic rings. The number of hydrogen-bond donors (Lipinski definition) is 1. The van der Waals surface area contributed by atoms with Crippen molar-refractivity contribution in [3.63, 3.8) is 0 Å². The van der Waals surface area contributed by atoms with E-state index in [1.807, 2.05) is 6.92 Å². The normalized spacial score (nSPS) is 19.1. The van der Waals surface area contributed by atoms with Crippen LogP contribution < -0.4 is 4.72 Å². The number of halogens is 1. The zero-order chi connectivity index (χ0) is 11.4. The molecule has 0 unspecified atom stereocenters. The van der Waals surface area contributed by atoms with Crippen LogP contribution in [0.25, 0.3) is 0 Å². The summed E-state index contributed by atoms with van der Waals surface area (Å²) in [7, 11) is -3.02. The van der Waals surface area contributed by atoms with Crippen molar-refractivity contribution in [2.45, 2.75) is 39.0 Å². The molecule has 0 spiro atoms. The number of alkyl halides is 1. The summed E-state index contributed by atoms with van der Waals surface area (Å²) in [4.78, 5) is 0. The van der Waals surface area contributed by atoms with Crippen LogP contribution in [0, 0.1) is 5.41 Å². The molecule has 90 valence electrons. The maximum Gasteiger partial charge on any atom is 0.211 e. The molecule has 0 aliphatic heterocycles. The Morgan fingerprint density at radius 1 is 1.40 bits per heavy atom. The van der Waals surface area contributed by atoms with Gasteiger partial charge >= 0.3 is 0 Å². The zero-order valence-corrected chi connectivity index (χ0v) is 11.7. The van der Waals surface area contributed by atoms with Crippen LogP contribution in [-0.2, 0) is 10.0 Å². The van der Waals surface area contributed by atoms with Gasteiger partial charge < -0.3 is 0 Å². The molecular formula is C10H20BrNO2S. The highest BCUT2D eigenvalue weighted by Gasteiger charge is 2.42. The molecule has 3 nitrogen and oxygen atoms in total. The molecule has 1 aliphatic carbocycles. The Kier molecular flexibility index (Phi) is 5.06. The lowest BCUT2D eigenvalue weighted by atomic mass is 10.1. The third-order valence-corrected chi connectivity index (χ3v) is 4.82. The van der Waals surface area contributed by atoms with Crippen LogP contribution in [0.3, 0.4) is 0 Å². The van der Waals surface area contributed by atoms with Crippen LogP contribution in [0.4, 0.5) is 0 Å². The minimum Gasteiger partial charge on any atom is -0.215 e. The Labute approximate surface area is 101 Å². The minimum absolute atomic E-state index is 0.267. The maximum absolute atomic E-state index is 11.5. The predicted octanol–water partition coefficient (Wildman–Crippen LogP) is 2.27. The molecule has 1 rings (SSSR count). The highest BCUT2D eigenvalue weighted by Crippen LogP contribution is 2.48. The number of rotatable bonds is 8. The molecule has 0 amide bonds. The quantitative estimate of drug-likeness (QED) is 0.699. The number of hydrogen-bond acceptors (Lipinski definition) is 2. The first-order valence-electron chi connectivity index (χ1n) is 5.57. The molecule has 15 heavy (non-hydrogen) atoms. The monoisotopic (exact) mass is 297 g/mol. The van der Waals surface area contributed by atoms with Gasteiger partial charge in [-0.3, -0.25) is 0 Å². The van der Waals surface area contributed by atoms with Crippen molar-refractivity contribution >= 4 is 26.0 Å². The molecule has 0 radical (unpaired) electrons. The van der Waals surface area contributed by atoms with E-state index in [2.05, 4.69) is 20.7 Å². The number of nitrogens with one attached hydrogen (secondary N) is 1. The number of sulfonamides is 1. The van der Waals surface area contributed by atoms with Crippen molar-refractivity contribution in [1.29, 1.82) is 0 Å². The molecule has 5 heteroatoms. The van der Waals surface area contributed by atoms with Gasteiger partial charge in [0.2, 0.25) is 10.0 Å². The fourth-order valence-corrected chi connectivity index (χ4v) is 3.74. The largest absolute Gasteiger partial charge is 0.215 e. The van der Waals surface area contributed by atoms with E-state index in [-0.39, 0.29) is 11.2 Å². The van der Waals surface area contributed by atoms with Crippen molar-refractivity contribution in [1.82, 2.24) is 4.72 Å². The van der Waals surface area contributed by atoms with Gasteiger partial charge in [-0.05, 0) is 31.1 Å². The van der Waals surface area contributed by atoms with Gasteiger partial charge in [0, 0.05) is 11.9 Å². The van der Waals surface area contributed by atoms with Gasteiger partial charge in [-0.1, -0.05) is 29.3 Å². The third kappa shape index (κ3) is 4.83. The van der Waals surface area contributed by atoms with Gasteiger partial charge in [-0.15, -0.1) is 0 Å². The smallest absolute Gasteiger partial charge is 0.211 e. The van der Waals surface area contributed by atoms with E-state index in [4.69, 9.17) is 0 Å². The standard InChI is InChI=1S/C10H20BrNO2S/c1-2-3-8-15(13,14)12-9-10(4-5-10)6-7-11/h12H,2-9H2,1H3. The zero-order valence-electron chi connectivity index (χ0n) is 9.26. The molecule has 1 N–H and O–H groups in total. The molecule has 0 atom stereocenters. The van der Waals surface area contributed by atoms with E-state index in [0.717, 1.165) is 37.4 Å². The third-order valence-electron chi connectivity index (χ3n) is 3.02. The molecule has 0 aromatic heterocycles. The van der Waals surface area contributed by atoms with Crippen LogP contribution in [0.2, 0.25) is 0 Å². The van der Waals surface area contributed by atoms with Crippen molar-refractivity contribution in [2.75, 3.05) is 17.6 Å². The Bertz CT molecular complexity index is 286. The first-order valence-corrected chi connectivity index (χ1v) is 8.34. The summed E-state index contributed by atoms with van der Waals surface area (Å²) in [5, 5.41) is 0.962. The Balaban J connectivity index is 2.30. The van der Waals surface area contributed by atoms with Crippen LogP contribution in [0.1, 0.15) is 39.0 Å². The fraction of sp³-hybridized carbons (Fsp3) is 1.00. The van der Waals surface area contributed by atoms with Crippen LogP contribution in [0.5, 0.6) is 0 Å². The second kappa shape index (κ2) is 5.64. The summed E-state index contributed by atoms with van der Waals surface area (Å²) in [5.41, 5.74) is 0.267. The van der Waals surface area contributed by atoms with Crippen molar-refractivity contribution in [3.05, 3.63) is 0 Å². The van der Waals surface area contributed by atoms with E-state index >= 15 is 0 Å². The van der Waals surface area contributed by atoms with Gasteiger partial charge in [0.05, 0.1) is 5.75 Å². The summed E-state index contributed by atoms with van der Waals surface area (Å²) >= 11 is 3.41. The van der Waals surface area contributed by atoms with Gasteiger partial charge in [-0.2, -0.15) is 0 Å². The van der Waals surface area contributed by atoms with Crippen LogP contribution in [-0.4, -0.2) is 26.0 Å². The Morgan fingerprint density at radius 2 is 2.07 bits per heavy atom. The molecule has 0 bridgehead atoms. The lowest BCUT2D eigenvalue weighted by molar-refractivity contribution is 0.480. The summed E-state index contributed by atoms with van der Waals surface area (Å²) in [6.07, 6.45) is 5.07. The minimum atomic E-state index is -3.02. The second-order valence-corrected chi connectivity index (χ2v) is 7.15. The Morgan fingerprint density at radius 3 is 2.53 bits per heavy atom. The van der Waals surface area contributed by atoms with Gasteiger partial charge in [0.25, 0.3) is 0 Å². The number of unbranched alkanes of at least 4 members (excludes halogenated alkanes) is 1. The van der Waals surface area contributed by atoms with E-state index < -0.39 is 10.0 Å². The van der Waals surface area contributed by atoms with E-state index in [0.29, 0.717) is 6.54 Å². The van der Waals surface area contributed by atoms with Crippen molar-refractivity contribution in [2.24, 2.45) is 5.41 Å². The summed E-state index contributed by atoms with van der Waals surface area (Å²) in [5.74, 6) is 0.272. The Hall–Kier alpha value is 0.390. The average Bonchev–Trinajstić information content (AvgIpc) is 2.94. The summed E-state index contributed by atoms with van der Waals surface area (Å²) in [6.45, 7) is 2.63. The molecule has 0 saturated heterocycles. The van der Waals surface area contributed by atoms with E-state index in [1.165, 1.54) is 0 Å². The van der Waals surface area contributed by atoms with Crippen molar-refractivity contribution < 1.29 is 8.42 Å². The predicted molar refractivity (Wildman–Crippen MR) is 66.8 cm³/mol. The molecule has 1 fully saturated rings. The average molecular weight is 298 g/mol. The van der Waals surface area contributed by atoms with Gasteiger partial charge in [0.1, 0.15) is 0 Å². The SMILES string of the molecule is CCCCS(=O)(=O)NCC1(CCBr)CC1. The fourth-order valence-electron chi connectivity index (χ4n) is 1.56. The molecule has 0 heterocycles.